The molecule has 2 N–H and O–H groups in total. The quantitative estimate of drug-likeness (QED) is 0.845. The van der Waals surface area contributed by atoms with Gasteiger partial charge in [0.25, 0.3) is 0 Å². The third-order valence-corrected chi connectivity index (χ3v) is 4.18. The van der Waals surface area contributed by atoms with Gasteiger partial charge in [-0.1, -0.05) is 12.5 Å². The van der Waals surface area contributed by atoms with E-state index in [9.17, 15) is 4.79 Å². The minimum atomic E-state index is -0.129. The number of aromatic nitrogens is 1. The number of hydrogen-bond donors (Lipinski definition) is 2. The number of benzene rings is 1. The van der Waals surface area contributed by atoms with E-state index < -0.39 is 0 Å². The van der Waals surface area contributed by atoms with Gasteiger partial charge in [-0.05, 0) is 37.6 Å². The molecule has 2 aromatic rings. The number of pyridine rings is 1. The maximum Gasteiger partial charge on any atom is 0.241 e. The number of carbonyl (C=O) groups is 1. The summed E-state index contributed by atoms with van der Waals surface area (Å²) in [5.41, 5.74) is 1.66. The molecule has 0 aliphatic carbocycles. The molecule has 6 nitrogen and oxygen atoms in total. The lowest BCUT2D eigenvalue weighted by molar-refractivity contribution is -0.118. The molecule has 6 heteroatoms. The van der Waals surface area contributed by atoms with Crippen molar-refractivity contribution in [2.24, 2.45) is 0 Å². The van der Waals surface area contributed by atoms with Gasteiger partial charge < -0.3 is 20.1 Å². The zero-order chi connectivity index (χ0) is 17.5. The van der Waals surface area contributed by atoms with Gasteiger partial charge in [0, 0.05) is 29.7 Å². The largest absolute Gasteiger partial charge is 0.493 e. The normalized spacial score (nSPS) is 16.9. The van der Waals surface area contributed by atoms with E-state index in [2.05, 4.69) is 15.6 Å². The van der Waals surface area contributed by atoms with Crippen LogP contribution in [0.2, 0.25) is 0 Å². The predicted octanol–water partition coefficient (Wildman–Crippen LogP) is 2.75. The first kappa shape index (κ1) is 17.2. The van der Waals surface area contributed by atoms with Crippen molar-refractivity contribution in [3.8, 4) is 11.5 Å². The van der Waals surface area contributed by atoms with Crippen LogP contribution in [-0.2, 0) is 11.4 Å². The van der Waals surface area contributed by atoms with Crippen molar-refractivity contribution in [2.45, 2.75) is 31.9 Å². The summed E-state index contributed by atoms with van der Waals surface area (Å²) in [6, 6.07) is 9.08. The Labute approximate surface area is 147 Å². The fraction of sp³-hybridized carbons (Fsp3) is 0.368. The molecule has 1 atom stereocenters. The van der Waals surface area contributed by atoms with Crippen molar-refractivity contribution in [1.29, 1.82) is 0 Å². The summed E-state index contributed by atoms with van der Waals surface area (Å²) in [6.07, 6.45) is 6.55. The van der Waals surface area contributed by atoms with E-state index in [1.165, 1.54) is 0 Å². The summed E-state index contributed by atoms with van der Waals surface area (Å²) < 4.78 is 11.2. The number of anilines is 1. The first-order chi connectivity index (χ1) is 12.3. The molecule has 0 bridgehead atoms. The predicted molar refractivity (Wildman–Crippen MR) is 95.8 cm³/mol. The van der Waals surface area contributed by atoms with Gasteiger partial charge >= 0.3 is 0 Å². The monoisotopic (exact) mass is 341 g/mol. The third-order valence-electron chi connectivity index (χ3n) is 4.18. The van der Waals surface area contributed by atoms with Gasteiger partial charge in [-0.3, -0.25) is 9.78 Å². The Kier molecular flexibility index (Phi) is 5.85. The van der Waals surface area contributed by atoms with Crippen LogP contribution >= 0.6 is 0 Å². The van der Waals surface area contributed by atoms with Crippen LogP contribution in [0.15, 0.2) is 42.7 Å². The molecule has 0 spiro atoms. The number of methoxy groups -OCH3 is 1. The maximum absolute atomic E-state index is 12.4. The SMILES string of the molecule is COc1ccc(NC(=O)C2CCCCN2)cc1OCc1cccnc1. The lowest BCUT2D eigenvalue weighted by Crippen LogP contribution is -2.43. The molecule has 1 amide bonds. The van der Waals surface area contributed by atoms with Crippen LogP contribution in [0, 0.1) is 0 Å². The molecule has 132 valence electrons. The highest BCUT2D eigenvalue weighted by molar-refractivity contribution is 5.95. The van der Waals surface area contributed by atoms with E-state index >= 15 is 0 Å². The summed E-state index contributed by atoms with van der Waals surface area (Å²) in [4.78, 5) is 16.4. The minimum absolute atomic E-state index is 0.0110. The smallest absolute Gasteiger partial charge is 0.241 e. The van der Waals surface area contributed by atoms with Gasteiger partial charge in [0.05, 0.1) is 13.2 Å². The first-order valence-corrected chi connectivity index (χ1v) is 8.50. The second-order valence-corrected chi connectivity index (χ2v) is 6.01. The molecule has 2 heterocycles. The number of rotatable bonds is 6. The molecule has 1 aromatic heterocycles. The molecule has 1 aliphatic rings. The Balaban J connectivity index is 1.67. The number of amides is 1. The number of ether oxygens (including phenoxy) is 2. The van der Waals surface area contributed by atoms with E-state index in [-0.39, 0.29) is 11.9 Å². The van der Waals surface area contributed by atoms with Crippen LogP contribution < -0.4 is 20.1 Å². The fourth-order valence-corrected chi connectivity index (χ4v) is 2.82. The third kappa shape index (κ3) is 4.70. The van der Waals surface area contributed by atoms with E-state index in [0.29, 0.717) is 23.8 Å². The maximum atomic E-state index is 12.4. The number of hydrogen-bond acceptors (Lipinski definition) is 5. The highest BCUT2D eigenvalue weighted by Gasteiger charge is 2.20. The Morgan fingerprint density at radius 2 is 2.24 bits per heavy atom. The van der Waals surface area contributed by atoms with Crippen molar-refractivity contribution < 1.29 is 14.3 Å². The van der Waals surface area contributed by atoms with Gasteiger partial charge in [-0.15, -0.1) is 0 Å². The number of piperidine rings is 1. The molecule has 0 saturated carbocycles. The number of nitrogens with one attached hydrogen (secondary N) is 2. The van der Waals surface area contributed by atoms with Gasteiger partial charge in [-0.25, -0.2) is 0 Å². The molecule has 1 aromatic carbocycles. The van der Waals surface area contributed by atoms with Crippen molar-refractivity contribution in [3.63, 3.8) is 0 Å². The molecular formula is C19H23N3O3. The zero-order valence-corrected chi connectivity index (χ0v) is 14.3. The average Bonchev–Trinajstić information content (AvgIpc) is 2.68. The van der Waals surface area contributed by atoms with Crippen LogP contribution in [0.4, 0.5) is 5.69 Å². The van der Waals surface area contributed by atoms with Crippen molar-refractivity contribution >= 4 is 11.6 Å². The molecule has 1 aliphatic heterocycles. The molecule has 25 heavy (non-hydrogen) atoms. The number of carbonyl (C=O) groups excluding carboxylic acids is 1. The summed E-state index contributed by atoms with van der Waals surface area (Å²) >= 11 is 0. The van der Waals surface area contributed by atoms with Gasteiger partial charge in [0.2, 0.25) is 5.91 Å². The second-order valence-electron chi connectivity index (χ2n) is 6.01. The first-order valence-electron chi connectivity index (χ1n) is 8.50. The lowest BCUT2D eigenvalue weighted by atomic mass is 10.0. The van der Waals surface area contributed by atoms with Crippen LogP contribution in [0.25, 0.3) is 0 Å². The Morgan fingerprint density at radius 3 is 2.96 bits per heavy atom. The van der Waals surface area contributed by atoms with Crippen molar-refractivity contribution in [2.75, 3.05) is 19.0 Å². The van der Waals surface area contributed by atoms with E-state index in [0.717, 1.165) is 31.4 Å². The van der Waals surface area contributed by atoms with Crippen LogP contribution in [0.5, 0.6) is 11.5 Å². The van der Waals surface area contributed by atoms with E-state index in [1.54, 1.807) is 31.6 Å². The molecule has 1 unspecified atom stereocenters. The summed E-state index contributed by atoms with van der Waals surface area (Å²) in [5.74, 6) is 1.20. The highest BCUT2D eigenvalue weighted by atomic mass is 16.5. The number of nitrogens with zero attached hydrogens (tertiary/aromatic N) is 1. The lowest BCUT2D eigenvalue weighted by Gasteiger charge is -2.22. The van der Waals surface area contributed by atoms with Crippen molar-refractivity contribution in [1.82, 2.24) is 10.3 Å². The molecule has 0 radical (unpaired) electrons. The fourth-order valence-electron chi connectivity index (χ4n) is 2.82. The average molecular weight is 341 g/mol. The Hall–Kier alpha value is -2.60. The topological polar surface area (TPSA) is 72.5 Å². The van der Waals surface area contributed by atoms with Crippen molar-refractivity contribution in [3.05, 3.63) is 48.3 Å². The molecule has 3 rings (SSSR count). The zero-order valence-electron chi connectivity index (χ0n) is 14.3. The summed E-state index contributed by atoms with van der Waals surface area (Å²) in [6.45, 7) is 1.27. The van der Waals surface area contributed by atoms with Crippen LogP contribution in [-0.4, -0.2) is 30.6 Å². The standard InChI is InChI=1S/C19H23N3O3/c1-24-17-8-7-15(22-19(23)16-6-2-3-10-21-16)11-18(17)25-13-14-5-4-9-20-12-14/h4-5,7-9,11-12,16,21H,2-3,6,10,13H2,1H3,(H,22,23). The molecule has 1 saturated heterocycles. The van der Waals surface area contributed by atoms with E-state index in [4.69, 9.17) is 9.47 Å². The molecular weight excluding hydrogens is 318 g/mol. The highest BCUT2D eigenvalue weighted by Crippen LogP contribution is 2.31. The van der Waals surface area contributed by atoms with E-state index in [1.807, 2.05) is 18.2 Å². The second kappa shape index (κ2) is 8.48. The Bertz CT molecular complexity index is 700. The Morgan fingerprint density at radius 1 is 1.32 bits per heavy atom. The minimum Gasteiger partial charge on any atom is -0.493 e. The van der Waals surface area contributed by atoms with Crippen LogP contribution in [0.3, 0.4) is 0 Å². The summed E-state index contributed by atoms with van der Waals surface area (Å²) in [5, 5.41) is 6.20. The van der Waals surface area contributed by atoms with Crippen LogP contribution in [0.1, 0.15) is 24.8 Å². The van der Waals surface area contributed by atoms with Gasteiger partial charge in [-0.2, -0.15) is 0 Å². The van der Waals surface area contributed by atoms with Gasteiger partial charge in [0.15, 0.2) is 11.5 Å². The van der Waals surface area contributed by atoms with Gasteiger partial charge in [0.1, 0.15) is 6.61 Å². The summed E-state index contributed by atoms with van der Waals surface area (Å²) in [7, 11) is 1.59. The molecule has 1 fully saturated rings.